The van der Waals surface area contributed by atoms with Gasteiger partial charge in [-0.3, -0.25) is 9.59 Å². The van der Waals surface area contributed by atoms with Gasteiger partial charge in [0.2, 0.25) is 11.8 Å². The largest absolute Gasteiger partial charge is 0.354 e. The summed E-state index contributed by atoms with van der Waals surface area (Å²) in [6.07, 6.45) is 2.39. The first-order valence-corrected chi connectivity index (χ1v) is 13.0. The van der Waals surface area contributed by atoms with E-state index >= 15 is 0 Å². The molecule has 4 nitrogen and oxygen atoms in total. The van der Waals surface area contributed by atoms with Crippen LogP contribution in [0.25, 0.3) is 0 Å². The van der Waals surface area contributed by atoms with Crippen LogP contribution < -0.4 is 5.32 Å². The van der Waals surface area contributed by atoms with Crippen molar-refractivity contribution in [1.29, 1.82) is 0 Å². The first kappa shape index (κ1) is 26.8. The summed E-state index contributed by atoms with van der Waals surface area (Å²) in [5, 5.41) is 4.63. The van der Waals surface area contributed by atoms with Crippen LogP contribution in [0.15, 0.2) is 42.5 Å². The van der Waals surface area contributed by atoms with Gasteiger partial charge in [-0.1, -0.05) is 73.3 Å². The lowest BCUT2D eigenvalue weighted by Crippen LogP contribution is -2.49. The Balaban J connectivity index is 2.15. The summed E-state index contributed by atoms with van der Waals surface area (Å²) in [6, 6.07) is 12.2. The number of benzene rings is 2. The summed E-state index contributed by atoms with van der Waals surface area (Å²) in [7, 11) is 0. The number of amides is 2. The molecule has 0 saturated heterocycles. The molecule has 1 N–H and O–H groups in total. The summed E-state index contributed by atoms with van der Waals surface area (Å²) in [5.74, 6) is 0.650. The van der Waals surface area contributed by atoms with Gasteiger partial charge in [0.1, 0.15) is 6.04 Å². The molecule has 0 fully saturated rings. The number of unbranched alkanes of at least 4 members (excludes halogenated alkanes) is 1. The summed E-state index contributed by atoms with van der Waals surface area (Å²) in [5.41, 5.74) is 1.80. The zero-order valence-electron chi connectivity index (χ0n) is 18.4. The predicted molar refractivity (Wildman–Crippen MR) is 137 cm³/mol. The zero-order valence-corrected chi connectivity index (χ0v) is 21.5. The second-order valence-electron chi connectivity index (χ2n) is 7.45. The molecule has 2 aromatic rings. The third-order valence-corrected chi connectivity index (χ3v) is 6.77. The number of hydrogen-bond acceptors (Lipinski definition) is 3. The van der Waals surface area contributed by atoms with E-state index in [1.54, 1.807) is 23.1 Å². The molecule has 0 aliphatic heterocycles. The van der Waals surface area contributed by atoms with E-state index < -0.39 is 6.04 Å². The Kier molecular flexibility index (Phi) is 11.7. The van der Waals surface area contributed by atoms with Crippen LogP contribution in [0.4, 0.5) is 0 Å². The molecule has 0 heterocycles. The van der Waals surface area contributed by atoms with E-state index in [-0.39, 0.29) is 24.1 Å². The Morgan fingerprint density at radius 3 is 2.47 bits per heavy atom. The quantitative estimate of drug-likeness (QED) is 0.324. The molecule has 0 bridgehead atoms. The highest BCUT2D eigenvalue weighted by Gasteiger charge is 2.28. The van der Waals surface area contributed by atoms with Crippen LogP contribution >= 0.6 is 46.6 Å². The number of halogens is 3. The second-order valence-corrected chi connectivity index (χ2v) is 9.71. The monoisotopic (exact) mass is 514 g/mol. The molecule has 174 valence electrons. The number of carbonyl (C=O) groups is 2. The van der Waals surface area contributed by atoms with Crippen LogP contribution in [-0.2, 0) is 21.9 Å². The average molecular weight is 516 g/mol. The lowest BCUT2D eigenvalue weighted by molar-refractivity contribution is -0.139. The molecule has 1 atom stereocenters. The maximum Gasteiger partial charge on any atom is 0.242 e. The van der Waals surface area contributed by atoms with Crippen molar-refractivity contribution in [3.8, 4) is 0 Å². The molecule has 0 unspecified atom stereocenters. The molecule has 0 saturated carbocycles. The van der Waals surface area contributed by atoms with Crippen molar-refractivity contribution in [2.75, 3.05) is 12.3 Å². The third-order valence-electron chi connectivity index (χ3n) is 4.95. The maximum atomic E-state index is 13.2. The number of carbonyl (C=O) groups excluding carboxylic acids is 2. The highest BCUT2D eigenvalue weighted by molar-refractivity contribution is 7.99. The maximum absolute atomic E-state index is 13.2. The highest BCUT2D eigenvalue weighted by Crippen LogP contribution is 2.25. The Labute approximate surface area is 210 Å². The van der Waals surface area contributed by atoms with Crippen molar-refractivity contribution < 1.29 is 9.59 Å². The fourth-order valence-corrected chi connectivity index (χ4v) is 4.76. The summed E-state index contributed by atoms with van der Waals surface area (Å²) in [6.45, 7) is 4.82. The van der Waals surface area contributed by atoms with Crippen LogP contribution in [0.5, 0.6) is 0 Å². The molecule has 0 radical (unpaired) electrons. The molecule has 0 aromatic heterocycles. The molecular formula is C24H29Cl3N2O2S. The van der Waals surface area contributed by atoms with Crippen LogP contribution in [0.2, 0.25) is 15.1 Å². The van der Waals surface area contributed by atoms with E-state index in [4.69, 9.17) is 34.8 Å². The van der Waals surface area contributed by atoms with E-state index in [1.165, 1.54) is 11.8 Å². The first-order valence-electron chi connectivity index (χ1n) is 10.7. The predicted octanol–water partition coefficient (Wildman–Crippen LogP) is 6.60. The van der Waals surface area contributed by atoms with Gasteiger partial charge in [0.15, 0.2) is 0 Å². The van der Waals surface area contributed by atoms with Crippen molar-refractivity contribution in [2.24, 2.45) is 0 Å². The second kappa shape index (κ2) is 14.0. The van der Waals surface area contributed by atoms with Gasteiger partial charge in [-0.25, -0.2) is 0 Å². The average Bonchev–Trinajstić information content (AvgIpc) is 2.75. The van der Waals surface area contributed by atoms with Gasteiger partial charge in [-0.15, -0.1) is 11.8 Å². The minimum atomic E-state index is -0.571. The number of thioether (sulfide) groups is 1. The third kappa shape index (κ3) is 8.51. The SMILES string of the molecule is CCCCNC(=O)[C@H](CC)N(Cc1ccc(Cl)cc1Cl)C(=O)CSCc1cccc(Cl)c1. The molecule has 0 aliphatic rings. The van der Waals surface area contributed by atoms with Gasteiger partial charge in [0, 0.05) is 33.9 Å². The Morgan fingerprint density at radius 1 is 1.06 bits per heavy atom. The molecular weight excluding hydrogens is 487 g/mol. The van der Waals surface area contributed by atoms with Gasteiger partial charge < -0.3 is 10.2 Å². The van der Waals surface area contributed by atoms with Gasteiger partial charge >= 0.3 is 0 Å². The van der Waals surface area contributed by atoms with E-state index in [1.807, 2.05) is 31.2 Å². The fraction of sp³-hybridized carbons (Fsp3) is 0.417. The van der Waals surface area contributed by atoms with Crippen molar-refractivity contribution >= 4 is 58.4 Å². The normalized spacial score (nSPS) is 11.8. The van der Waals surface area contributed by atoms with Crippen molar-refractivity contribution in [3.63, 3.8) is 0 Å². The standard InChI is InChI=1S/C24H29Cl3N2O2S/c1-3-5-11-28-24(31)22(4-2)29(14-18-9-10-20(26)13-21(18)27)23(30)16-32-15-17-7-6-8-19(25)12-17/h6-10,12-13,22H,3-5,11,14-16H2,1-2H3,(H,28,31)/t22-/m0/s1. The smallest absolute Gasteiger partial charge is 0.242 e. The Morgan fingerprint density at radius 2 is 1.81 bits per heavy atom. The molecule has 2 aromatic carbocycles. The van der Waals surface area contributed by atoms with E-state index in [0.717, 1.165) is 24.0 Å². The van der Waals surface area contributed by atoms with Crippen LogP contribution in [-0.4, -0.2) is 35.1 Å². The van der Waals surface area contributed by atoms with E-state index in [2.05, 4.69) is 12.2 Å². The topological polar surface area (TPSA) is 49.4 Å². The number of hydrogen-bond donors (Lipinski definition) is 1. The molecule has 2 amide bonds. The summed E-state index contributed by atoms with van der Waals surface area (Å²) in [4.78, 5) is 27.8. The van der Waals surface area contributed by atoms with E-state index in [9.17, 15) is 9.59 Å². The molecule has 2 rings (SSSR count). The summed E-state index contributed by atoms with van der Waals surface area (Å²) < 4.78 is 0. The Hall–Kier alpha value is -1.40. The minimum Gasteiger partial charge on any atom is -0.354 e. The van der Waals surface area contributed by atoms with Gasteiger partial charge in [-0.05, 0) is 48.2 Å². The first-order chi connectivity index (χ1) is 15.3. The zero-order chi connectivity index (χ0) is 23.5. The number of rotatable bonds is 12. The van der Waals surface area contributed by atoms with Crippen molar-refractivity contribution in [2.45, 2.75) is 51.4 Å². The van der Waals surface area contributed by atoms with Crippen molar-refractivity contribution in [3.05, 3.63) is 68.7 Å². The van der Waals surface area contributed by atoms with E-state index in [0.29, 0.717) is 33.8 Å². The lowest BCUT2D eigenvalue weighted by Gasteiger charge is -2.31. The molecule has 8 heteroatoms. The molecule has 0 aliphatic carbocycles. The molecule has 0 spiro atoms. The Bertz CT molecular complexity index is 911. The van der Waals surface area contributed by atoms with Gasteiger partial charge in [0.25, 0.3) is 0 Å². The number of nitrogens with zero attached hydrogens (tertiary/aromatic N) is 1. The lowest BCUT2D eigenvalue weighted by atomic mass is 10.1. The van der Waals surface area contributed by atoms with Gasteiger partial charge in [-0.2, -0.15) is 0 Å². The number of nitrogens with one attached hydrogen (secondary N) is 1. The van der Waals surface area contributed by atoms with Gasteiger partial charge in [0.05, 0.1) is 5.75 Å². The fourth-order valence-electron chi connectivity index (χ4n) is 3.22. The summed E-state index contributed by atoms with van der Waals surface area (Å²) >= 11 is 19.9. The highest BCUT2D eigenvalue weighted by atomic mass is 35.5. The van der Waals surface area contributed by atoms with Crippen LogP contribution in [0.3, 0.4) is 0 Å². The van der Waals surface area contributed by atoms with Crippen molar-refractivity contribution in [1.82, 2.24) is 10.2 Å². The van der Waals surface area contributed by atoms with Crippen LogP contribution in [0, 0.1) is 0 Å². The van der Waals surface area contributed by atoms with Crippen LogP contribution in [0.1, 0.15) is 44.2 Å². The molecule has 32 heavy (non-hydrogen) atoms. The minimum absolute atomic E-state index is 0.111.